The number of Topliss-reactive ketones (excluding diaryl/α,β-unsaturated/α-hetero) is 1. The molecule has 5 N–H and O–H groups in total. The number of carbonyl (C=O) groups is 4. The third kappa shape index (κ3) is 11.3. The number of aromatic nitrogens is 3. The van der Waals surface area contributed by atoms with Gasteiger partial charge in [-0.3, -0.25) is 19.2 Å². The fourth-order valence-electron chi connectivity index (χ4n) is 8.27. The van der Waals surface area contributed by atoms with Crippen LogP contribution in [0.5, 0.6) is 5.75 Å². The van der Waals surface area contributed by atoms with Crippen LogP contribution in [0.25, 0.3) is 21.7 Å². The minimum atomic E-state index is -0.836. The van der Waals surface area contributed by atoms with Crippen LogP contribution in [0, 0.1) is 18.3 Å². The van der Waals surface area contributed by atoms with Crippen LogP contribution in [0.3, 0.4) is 0 Å². The van der Waals surface area contributed by atoms with Gasteiger partial charge in [0.1, 0.15) is 17.6 Å². The van der Waals surface area contributed by atoms with Crippen molar-refractivity contribution < 1.29 is 29.4 Å². The molecule has 0 unspecified atom stereocenters. The van der Waals surface area contributed by atoms with Crippen LogP contribution in [0.2, 0.25) is 0 Å². The second kappa shape index (κ2) is 20.0. The molecule has 4 atom stereocenters. The molecule has 4 aromatic rings. The molecule has 61 heavy (non-hydrogen) atoms. The highest BCUT2D eigenvalue weighted by Crippen LogP contribution is 2.35. The van der Waals surface area contributed by atoms with E-state index in [2.05, 4.69) is 25.4 Å². The molecule has 2 aromatic heterocycles. The van der Waals surface area contributed by atoms with Gasteiger partial charge in [0.15, 0.2) is 5.82 Å². The second-order valence-electron chi connectivity index (χ2n) is 17.5. The summed E-state index contributed by atoms with van der Waals surface area (Å²) in [6.45, 7) is 12.0. The zero-order valence-corrected chi connectivity index (χ0v) is 36.8. The minimum absolute atomic E-state index is 0.00807. The van der Waals surface area contributed by atoms with Crippen LogP contribution in [0.15, 0.2) is 60.1 Å². The van der Waals surface area contributed by atoms with Crippen molar-refractivity contribution in [2.45, 2.75) is 104 Å². The van der Waals surface area contributed by atoms with Gasteiger partial charge in [-0.1, -0.05) is 70.0 Å². The number of aliphatic hydroxyl groups is 1. The number of aromatic hydroxyl groups is 1. The molecule has 15 heteroatoms. The molecular weight excluding hydrogens is 793 g/mol. The molecule has 0 spiro atoms. The van der Waals surface area contributed by atoms with E-state index in [0.29, 0.717) is 62.5 Å². The molecule has 6 rings (SSSR count). The summed E-state index contributed by atoms with van der Waals surface area (Å²) in [5.41, 5.74) is 12.2. The Kier molecular flexibility index (Phi) is 14.8. The van der Waals surface area contributed by atoms with E-state index in [4.69, 9.17) is 5.73 Å². The SMILES string of the molecule is Cc1ncsc1-c1ccc([C@H](C)NC(=O)[C@@H]2C[C@H](O)CN2C(=O)[C@@H](CC(=O)CCCCCCC(=O)N2CCN(c3cc(-c4ccccc4O)nnc3N)CC2)C(C)(C)C)cc1. The number of piperazine rings is 1. The van der Waals surface area contributed by atoms with E-state index >= 15 is 0 Å². The summed E-state index contributed by atoms with van der Waals surface area (Å²) in [7, 11) is 0. The number of hydrogen-bond donors (Lipinski definition) is 4. The maximum absolute atomic E-state index is 14.1. The normalized spacial score (nSPS) is 17.9. The van der Waals surface area contributed by atoms with Crippen molar-refractivity contribution in [1.82, 2.24) is 30.3 Å². The summed E-state index contributed by atoms with van der Waals surface area (Å²) < 4.78 is 0. The highest BCUT2D eigenvalue weighted by molar-refractivity contribution is 7.13. The van der Waals surface area contributed by atoms with Crippen LogP contribution in [-0.2, 0) is 19.2 Å². The lowest BCUT2D eigenvalue weighted by Crippen LogP contribution is -2.50. The van der Waals surface area contributed by atoms with Gasteiger partial charge < -0.3 is 36.0 Å². The summed E-state index contributed by atoms with van der Waals surface area (Å²) >= 11 is 1.58. The number of para-hydroxylation sites is 1. The van der Waals surface area contributed by atoms with Crippen LogP contribution < -0.4 is 16.0 Å². The summed E-state index contributed by atoms with van der Waals surface area (Å²) in [5.74, 6) is -0.761. The van der Waals surface area contributed by atoms with Gasteiger partial charge in [-0.25, -0.2) is 4.98 Å². The number of hydrogen-bond acceptors (Lipinski definition) is 12. The number of β-amino-alcohol motifs (C(OH)–C–C–N with tert-alkyl or cyclic N) is 1. The number of nitrogens with one attached hydrogen (secondary N) is 1. The molecule has 326 valence electrons. The van der Waals surface area contributed by atoms with Crippen molar-refractivity contribution in [1.29, 1.82) is 0 Å². The number of carbonyl (C=O) groups excluding carboxylic acids is 4. The first-order chi connectivity index (χ1) is 29.1. The Labute approximate surface area is 362 Å². The molecule has 2 aliphatic heterocycles. The zero-order valence-electron chi connectivity index (χ0n) is 36.0. The van der Waals surface area contributed by atoms with Crippen molar-refractivity contribution >= 4 is 46.3 Å². The Balaban J connectivity index is 0.922. The maximum atomic E-state index is 14.1. The molecule has 0 bridgehead atoms. The molecule has 2 saturated heterocycles. The predicted octanol–water partition coefficient (Wildman–Crippen LogP) is 6.31. The number of anilines is 2. The van der Waals surface area contributed by atoms with Crippen LogP contribution >= 0.6 is 11.3 Å². The Bertz CT molecular complexity index is 2160. The Hall–Kier alpha value is -5.41. The molecule has 2 aliphatic rings. The van der Waals surface area contributed by atoms with E-state index in [1.807, 2.05) is 81.4 Å². The third-order valence-electron chi connectivity index (χ3n) is 12.0. The standard InChI is InChI=1S/C46H60N8O6S/c1-29(31-16-18-32(19-17-31)42-30(2)48-28-61-42)49-44(59)39-25-34(56)27-54(39)45(60)36(46(3,4)5)24-33(55)12-8-6-7-9-15-41(58)53-22-20-52(21-23-53)38-26-37(50-51-43(38)47)35-13-10-11-14-40(35)57/h10-11,13-14,16-19,26,28-29,34,36,39,56-57H,6-9,12,15,20-25,27H2,1-5H3,(H2,47,51)(H,49,59)/t29-,34-,36+,39-/m0/s1. The van der Waals surface area contributed by atoms with Crippen LogP contribution in [0.4, 0.5) is 11.5 Å². The number of thiazole rings is 1. The number of nitrogens with zero attached hydrogens (tertiary/aromatic N) is 6. The molecule has 3 amide bonds. The Morgan fingerprint density at radius 1 is 0.951 bits per heavy atom. The molecule has 0 saturated carbocycles. The van der Waals surface area contributed by atoms with Crippen molar-refractivity contribution in [2.75, 3.05) is 43.4 Å². The number of rotatable bonds is 16. The first kappa shape index (κ1) is 45.1. The van der Waals surface area contributed by atoms with Gasteiger partial charge in [-0.05, 0) is 61.4 Å². The average Bonchev–Trinajstić information content (AvgIpc) is 3.86. The number of nitrogen functional groups attached to an aromatic ring is 1. The molecule has 0 radical (unpaired) electrons. The van der Waals surface area contributed by atoms with Crippen molar-refractivity contribution in [3.05, 3.63) is 71.4 Å². The Morgan fingerprint density at radius 3 is 2.30 bits per heavy atom. The number of aryl methyl sites for hydroxylation is 1. The van der Waals surface area contributed by atoms with E-state index in [-0.39, 0.29) is 54.7 Å². The number of ketones is 1. The number of phenolic OH excluding ortho intramolecular Hbond substituents is 1. The van der Waals surface area contributed by atoms with Gasteiger partial charge in [0.25, 0.3) is 0 Å². The predicted molar refractivity (Wildman–Crippen MR) is 238 cm³/mol. The van der Waals surface area contributed by atoms with Gasteiger partial charge in [0, 0.05) is 69.9 Å². The Morgan fingerprint density at radius 2 is 1.64 bits per heavy atom. The number of amides is 3. The summed E-state index contributed by atoms with van der Waals surface area (Å²) in [4.78, 5) is 65.1. The van der Waals surface area contributed by atoms with Crippen LogP contribution in [-0.4, -0.2) is 104 Å². The van der Waals surface area contributed by atoms with E-state index < -0.39 is 23.5 Å². The minimum Gasteiger partial charge on any atom is -0.507 e. The third-order valence-corrected chi connectivity index (χ3v) is 12.9. The number of nitrogens with two attached hydrogens (primary N) is 1. The van der Waals surface area contributed by atoms with Crippen molar-refractivity contribution in [3.8, 4) is 27.4 Å². The van der Waals surface area contributed by atoms with Gasteiger partial charge in [0.2, 0.25) is 17.7 Å². The molecule has 0 aliphatic carbocycles. The van der Waals surface area contributed by atoms with Crippen molar-refractivity contribution in [3.63, 3.8) is 0 Å². The molecular formula is C46H60N8O6S. The highest BCUT2D eigenvalue weighted by Gasteiger charge is 2.44. The molecule has 14 nitrogen and oxygen atoms in total. The maximum Gasteiger partial charge on any atom is 0.243 e. The topological polar surface area (TPSA) is 195 Å². The van der Waals surface area contributed by atoms with E-state index in [1.165, 1.54) is 4.90 Å². The largest absolute Gasteiger partial charge is 0.507 e. The van der Waals surface area contributed by atoms with E-state index in [1.54, 1.807) is 29.5 Å². The van der Waals surface area contributed by atoms with Gasteiger partial charge >= 0.3 is 0 Å². The average molecular weight is 853 g/mol. The lowest BCUT2D eigenvalue weighted by molar-refractivity contribution is -0.146. The fourth-order valence-corrected chi connectivity index (χ4v) is 9.08. The van der Waals surface area contributed by atoms with E-state index in [0.717, 1.165) is 46.6 Å². The number of aliphatic hydroxyl groups excluding tert-OH is 1. The summed E-state index contributed by atoms with van der Waals surface area (Å²) in [6.07, 6.45) is 3.12. The van der Waals surface area contributed by atoms with Crippen molar-refractivity contribution in [2.24, 2.45) is 11.3 Å². The second-order valence-corrected chi connectivity index (χ2v) is 18.3. The first-order valence-corrected chi connectivity index (χ1v) is 22.2. The molecule has 4 heterocycles. The monoisotopic (exact) mass is 852 g/mol. The lowest BCUT2D eigenvalue weighted by atomic mass is 9.76. The quantitative estimate of drug-likeness (QED) is 0.0923. The first-order valence-electron chi connectivity index (χ1n) is 21.4. The molecule has 2 aromatic carbocycles. The smallest absolute Gasteiger partial charge is 0.243 e. The van der Waals surface area contributed by atoms with Gasteiger partial charge in [-0.15, -0.1) is 21.5 Å². The number of phenols is 1. The summed E-state index contributed by atoms with van der Waals surface area (Å²) in [5, 5.41) is 32.3. The number of benzene rings is 2. The van der Waals surface area contributed by atoms with E-state index in [9.17, 15) is 29.4 Å². The zero-order chi connectivity index (χ0) is 43.8. The lowest BCUT2D eigenvalue weighted by Gasteiger charge is -2.36. The molecule has 2 fully saturated rings. The van der Waals surface area contributed by atoms with Crippen LogP contribution in [0.1, 0.15) is 96.4 Å². The highest BCUT2D eigenvalue weighted by atomic mass is 32.1. The van der Waals surface area contributed by atoms with Gasteiger partial charge in [0.05, 0.1) is 39.6 Å². The summed E-state index contributed by atoms with van der Waals surface area (Å²) in [6, 6.07) is 15.6. The van der Waals surface area contributed by atoms with Gasteiger partial charge in [-0.2, -0.15) is 0 Å². The number of unbranched alkanes of at least 4 members (excludes halogenated alkanes) is 3. The fraction of sp³-hybridized carbons (Fsp3) is 0.500. The number of likely N-dealkylation sites (tertiary alicyclic amines) is 1.